The average Bonchev–Trinajstić information content (AvgIpc) is 3.55. The SMILES string of the molecule is CC(C)(C)C=C(C#N)C(=O)N1CCCC1Cn1nc(-c2ccc(Oc3cccc(F)c3F)cc2F)c2c(N)ncnc21. The highest BCUT2D eigenvalue weighted by Crippen LogP contribution is 2.35. The lowest BCUT2D eigenvalue weighted by Gasteiger charge is -2.25. The molecule has 2 N–H and O–H groups in total. The van der Waals surface area contributed by atoms with Gasteiger partial charge in [-0.3, -0.25) is 4.79 Å². The van der Waals surface area contributed by atoms with E-state index >= 15 is 4.39 Å². The number of halogens is 3. The molecule has 0 radical (unpaired) electrons. The van der Waals surface area contributed by atoms with Crippen molar-refractivity contribution in [3.63, 3.8) is 0 Å². The van der Waals surface area contributed by atoms with Gasteiger partial charge in [0.25, 0.3) is 5.91 Å². The molecule has 1 fully saturated rings. The van der Waals surface area contributed by atoms with E-state index in [1.165, 1.54) is 30.6 Å². The first-order valence-corrected chi connectivity index (χ1v) is 13.3. The van der Waals surface area contributed by atoms with E-state index in [0.717, 1.165) is 18.6 Å². The van der Waals surface area contributed by atoms with Crippen LogP contribution in [0, 0.1) is 34.2 Å². The van der Waals surface area contributed by atoms with E-state index in [4.69, 9.17) is 10.5 Å². The van der Waals surface area contributed by atoms with Crippen LogP contribution in [0.4, 0.5) is 19.0 Å². The highest BCUT2D eigenvalue weighted by molar-refractivity contribution is 5.99. The summed E-state index contributed by atoms with van der Waals surface area (Å²) in [6.45, 7) is 6.46. The maximum absolute atomic E-state index is 15.5. The van der Waals surface area contributed by atoms with Crippen LogP contribution in [0.2, 0.25) is 0 Å². The van der Waals surface area contributed by atoms with Crippen molar-refractivity contribution in [3.05, 3.63) is 71.8 Å². The van der Waals surface area contributed by atoms with Crippen molar-refractivity contribution in [1.82, 2.24) is 24.6 Å². The van der Waals surface area contributed by atoms with Gasteiger partial charge in [0.2, 0.25) is 5.82 Å². The molecule has 0 aliphatic carbocycles. The summed E-state index contributed by atoms with van der Waals surface area (Å²) in [7, 11) is 0. The zero-order valence-corrected chi connectivity index (χ0v) is 23.2. The Bertz CT molecular complexity index is 1750. The number of allylic oxidation sites excluding steroid dienone is 1. The van der Waals surface area contributed by atoms with Gasteiger partial charge in [0.1, 0.15) is 41.0 Å². The van der Waals surface area contributed by atoms with Gasteiger partial charge in [-0.2, -0.15) is 14.8 Å². The van der Waals surface area contributed by atoms with E-state index in [1.807, 2.05) is 26.8 Å². The minimum Gasteiger partial charge on any atom is -0.454 e. The third-order valence-electron chi connectivity index (χ3n) is 6.85. The fourth-order valence-corrected chi connectivity index (χ4v) is 5.01. The Morgan fingerprint density at radius 3 is 2.69 bits per heavy atom. The summed E-state index contributed by atoms with van der Waals surface area (Å²) < 4.78 is 50.0. The molecule has 5 rings (SSSR count). The highest BCUT2D eigenvalue weighted by atomic mass is 19.2. The van der Waals surface area contributed by atoms with Crippen LogP contribution in [-0.4, -0.2) is 43.1 Å². The molecule has 1 amide bonds. The molecule has 4 aromatic rings. The Hall–Kier alpha value is -4.92. The van der Waals surface area contributed by atoms with E-state index in [9.17, 15) is 18.8 Å². The summed E-state index contributed by atoms with van der Waals surface area (Å²) in [5, 5.41) is 14.6. The normalized spacial score (nSPS) is 15.7. The van der Waals surface area contributed by atoms with Crippen LogP contribution in [0.15, 0.2) is 54.4 Å². The Balaban J connectivity index is 1.48. The molecule has 1 aliphatic heterocycles. The lowest BCUT2D eigenvalue weighted by atomic mass is 9.93. The number of ether oxygens (including phenoxy) is 1. The Morgan fingerprint density at radius 2 is 1.98 bits per heavy atom. The summed E-state index contributed by atoms with van der Waals surface area (Å²) in [4.78, 5) is 23.4. The van der Waals surface area contributed by atoms with Crippen molar-refractivity contribution in [1.29, 1.82) is 5.26 Å². The van der Waals surface area contributed by atoms with Gasteiger partial charge in [0.15, 0.2) is 17.2 Å². The molecule has 0 saturated carbocycles. The highest BCUT2D eigenvalue weighted by Gasteiger charge is 2.33. The van der Waals surface area contributed by atoms with Gasteiger partial charge < -0.3 is 15.4 Å². The molecule has 12 heteroatoms. The quantitative estimate of drug-likeness (QED) is 0.229. The molecule has 3 heterocycles. The van der Waals surface area contributed by atoms with Crippen molar-refractivity contribution in [2.75, 3.05) is 12.3 Å². The number of benzene rings is 2. The summed E-state index contributed by atoms with van der Waals surface area (Å²) >= 11 is 0. The van der Waals surface area contributed by atoms with Crippen LogP contribution in [0.5, 0.6) is 11.5 Å². The van der Waals surface area contributed by atoms with Gasteiger partial charge in [0.05, 0.1) is 18.0 Å². The second-order valence-electron chi connectivity index (χ2n) is 11.1. The molecule has 0 bridgehead atoms. The van der Waals surface area contributed by atoms with Gasteiger partial charge in [-0.25, -0.2) is 23.4 Å². The maximum Gasteiger partial charge on any atom is 0.264 e. The predicted octanol–water partition coefficient (Wildman–Crippen LogP) is 5.77. The summed E-state index contributed by atoms with van der Waals surface area (Å²) in [5.41, 5.74) is 6.49. The van der Waals surface area contributed by atoms with Gasteiger partial charge in [-0.05, 0) is 42.5 Å². The van der Waals surface area contributed by atoms with E-state index in [1.54, 1.807) is 15.7 Å². The van der Waals surface area contributed by atoms with Gasteiger partial charge in [-0.1, -0.05) is 32.9 Å². The first-order valence-electron chi connectivity index (χ1n) is 13.3. The number of anilines is 1. The van der Waals surface area contributed by atoms with Crippen molar-refractivity contribution in [2.45, 2.75) is 46.2 Å². The number of nitrogens with two attached hydrogens (primary N) is 1. The Labute approximate surface area is 240 Å². The second-order valence-corrected chi connectivity index (χ2v) is 11.1. The number of aromatic nitrogens is 4. The molecule has 2 aromatic heterocycles. The number of carbonyl (C=O) groups is 1. The average molecular weight is 576 g/mol. The van der Waals surface area contributed by atoms with Crippen molar-refractivity contribution in [2.24, 2.45) is 5.41 Å². The van der Waals surface area contributed by atoms with Crippen molar-refractivity contribution in [3.8, 4) is 28.8 Å². The van der Waals surface area contributed by atoms with Crippen LogP contribution in [0.25, 0.3) is 22.3 Å². The van der Waals surface area contributed by atoms with Crippen LogP contribution >= 0.6 is 0 Å². The minimum atomic E-state index is -1.19. The predicted molar refractivity (Wildman–Crippen MR) is 149 cm³/mol. The topological polar surface area (TPSA) is 123 Å². The molecule has 42 heavy (non-hydrogen) atoms. The lowest BCUT2D eigenvalue weighted by Crippen LogP contribution is -2.39. The first-order chi connectivity index (χ1) is 20.0. The standard InChI is InChI=1S/C30H28F3N7O2/c1-30(2,3)13-17(14-34)29(41)39-11-5-6-18(39)15-40-28-24(27(35)36-16-37-28)26(38-40)20-10-9-19(12-22(20)32)42-23-8-4-7-21(31)25(23)33/h4,7-10,12-13,16,18H,5-6,11,15H2,1-3H3,(H2,35,36,37). The summed E-state index contributed by atoms with van der Waals surface area (Å²) in [6.07, 6.45) is 4.36. The monoisotopic (exact) mass is 575 g/mol. The smallest absolute Gasteiger partial charge is 0.264 e. The van der Waals surface area contributed by atoms with E-state index in [-0.39, 0.29) is 58.1 Å². The number of hydrogen-bond donors (Lipinski definition) is 1. The number of carbonyl (C=O) groups excluding carboxylic acids is 1. The molecule has 9 nitrogen and oxygen atoms in total. The number of nitrogens with zero attached hydrogens (tertiary/aromatic N) is 6. The van der Waals surface area contributed by atoms with Crippen molar-refractivity contribution >= 4 is 22.8 Å². The van der Waals surface area contributed by atoms with E-state index in [2.05, 4.69) is 15.1 Å². The number of fused-ring (bicyclic) bond motifs is 1. The summed E-state index contributed by atoms with van der Waals surface area (Å²) in [6, 6.07) is 9.03. The third-order valence-corrected chi connectivity index (χ3v) is 6.85. The van der Waals surface area contributed by atoms with Gasteiger partial charge in [-0.15, -0.1) is 0 Å². The van der Waals surface area contributed by atoms with Crippen LogP contribution < -0.4 is 10.5 Å². The van der Waals surface area contributed by atoms with Gasteiger partial charge >= 0.3 is 0 Å². The molecule has 1 saturated heterocycles. The number of rotatable bonds is 6. The largest absolute Gasteiger partial charge is 0.454 e. The van der Waals surface area contributed by atoms with Crippen LogP contribution in [0.3, 0.4) is 0 Å². The zero-order chi connectivity index (χ0) is 30.2. The Morgan fingerprint density at radius 1 is 1.19 bits per heavy atom. The lowest BCUT2D eigenvalue weighted by molar-refractivity contribution is -0.127. The maximum atomic E-state index is 15.5. The molecular formula is C30H28F3N7O2. The number of amides is 1. The molecule has 0 spiro atoms. The van der Waals surface area contributed by atoms with Gasteiger partial charge in [0, 0.05) is 18.2 Å². The second kappa shape index (κ2) is 11.2. The van der Waals surface area contributed by atoms with Crippen LogP contribution in [0.1, 0.15) is 33.6 Å². The molecular weight excluding hydrogens is 547 g/mol. The summed E-state index contributed by atoms with van der Waals surface area (Å²) in [5.74, 6) is -3.73. The van der Waals surface area contributed by atoms with E-state index < -0.39 is 17.5 Å². The fraction of sp³-hybridized carbons (Fsp3) is 0.300. The van der Waals surface area contributed by atoms with Crippen molar-refractivity contribution < 1.29 is 22.7 Å². The minimum absolute atomic E-state index is 0.0505. The number of nitriles is 1. The molecule has 1 aliphatic rings. The first kappa shape index (κ1) is 28.6. The fourth-order valence-electron chi connectivity index (χ4n) is 5.01. The number of likely N-dealkylation sites (tertiary alicyclic amines) is 1. The molecule has 216 valence electrons. The van der Waals surface area contributed by atoms with E-state index in [0.29, 0.717) is 24.0 Å². The number of nitrogen functional groups attached to an aromatic ring is 1. The molecule has 1 unspecified atom stereocenters. The number of hydrogen-bond acceptors (Lipinski definition) is 7. The molecule has 1 atom stereocenters. The zero-order valence-electron chi connectivity index (χ0n) is 23.2. The van der Waals surface area contributed by atoms with Crippen LogP contribution in [-0.2, 0) is 11.3 Å². The third kappa shape index (κ3) is 5.63. The molecule has 2 aromatic carbocycles. The Kier molecular flexibility index (Phi) is 7.60.